The molecule has 0 saturated carbocycles. The average Bonchev–Trinajstić information content (AvgIpc) is 2.89. The molecule has 0 atom stereocenters. The molecule has 12 heteroatoms. The molecule has 196 valence electrons. The van der Waals surface area contributed by atoms with Crippen LogP contribution in [-0.2, 0) is 27.4 Å². The largest absolute Gasteiger partial charge is 0.456 e. The second kappa shape index (κ2) is 10.5. The van der Waals surface area contributed by atoms with Crippen LogP contribution in [-0.4, -0.2) is 47.3 Å². The van der Waals surface area contributed by atoms with Crippen molar-refractivity contribution in [1.82, 2.24) is 15.4 Å². The quantitative estimate of drug-likeness (QED) is 0.345. The van der Waals surface area contributed by atoms with Gasteiger partial charge in [-0.05, 0) is 66.9 Å². The van der Waals surface area contributed by atoms with E-state index in [1.807, 2.05) is 17.0 Å². The lowest BCUT2D eigenvalue weighted by molar-refractivity contribution is -0.137. The zero-order valence-corrected chi connectivity index (χ0v) is 20.3. The molecular formula is C25H24F3N3O5S. The normalized spacial score (nSPS) is 16.2. The molecule has 37 heavy (non-hydrogen) atoms. The predicted octanol–water partition coefficient (Wildman–Crippen LogP) is 4.21. The van der Waals surface area contributed by atoms with Crippen molar-refractivity contribution in [2.45, 2.75) is 35.2 Å². The number of hydrogen-bond acceptors (Lipinski definition) is 7. The molecule has 1 amide bonds. The van der Waals surface area contributed by atoms with Crippen LogP contribution in [0.1, 0.15) is 24.0 Å². The number of nitrogens with zero attached hydrogens (tertiary/aromatic N) is 2. The fourth-order valence-electron chi connectivity index (χ4n) is 4.34. The highest BCUT2D eigenvalue weighted by Gasteiger charge is 2.53. The standard InChI is InChI=1S/C25H24F3N3O5S/c26-25(27,28)19-5-7-20(8-6-19)36-21-3-1-2-4-22(21)37(34,35)24(23(32)30-33)11-15-31(16-12-24)17-18-9-13-29-14-10-18/h1-10,13-14,33H,11-12,15-17H2,(H,30,32). The van der Waals surface area contributed by atoms with Gasteiger partial charge in [0.05, 0.1) is 5.56 Å². The summed E-state index contributed by atoms with van der Waals surface area (Å²) in [6, 6.07) is 13.1. The topological polar surface area (TPSA) is 109 Å². The number of hydroxylamine groups is 1. The third-order valence-corrected chi connectivity index (χ3v) is 8.94. The number of halogens is 3. The van der Waals surface area contributed by atoms with Crippen LogP contribution < -0.4 is 10.2 Å². The summed E-state index contributed by atoms with van der Waals surface area (Å²) < 4.78 is 70.2. The third-order valence-electron chi connectivity index (χ3n) is 6.40. The Morgan fingerprint density at radius 2 is 1.65 bits per heavy atom. The molecule has 8 nitrogen and oxygen atoms in total. The van der Waals surface area contributed by atoms with Gasteiger partial charge in [0.1, 0.15) is 16.4 Å². The summed E-state index contributed by atoms with van der Waals surface area (Å²) in [5.41, 5.74) is 1.62. The van der Waals surface area contributed by atoms with E-state index >= 15 is 0 Å². The molecule has 0 radical (unpaired) electrons. The molecule has 0 spiro atoms. The minimum atomic E-state index is -4.53. The number of para-hydroxylation sites is 1. The molecule has 1 aromatic heterocycles. The van der Waals surface area contributed by atoms with Crippen LogP contribution in [0.15, 0.2) is 78.0 Å². The molecule has 2 N–H and O–H groups in total. The number of aromatic nitrogens is 1. The lowest BCUT2D eigenvalue weighted by Crippen LogP contribution is -2.57. The second-order valence-electron chi connectivity index (χ2n) is 8.64. The van der Waals surface area contributed by atoms with Gasteiger partial charge >= 0.3 is 6.18 Å². The number of rotatable bonds is 7. The molecule has 0 unspecified atom stereocenters. The van der Waals surface area contributed by atoms with Gasteiger partial charge in [-0.1, -0.05) is 12.1 Å². The number of carbonyl (C=O) groups is 1. The van der Waals surface area contributed by atoms with E-state index in [-0.39, 0.29) is 42.3 Å². The zero-order chi connectivity index (χ0) is 26.7. The maximum absolute atomic E-state index is 13.9. The molecule has 1 fully saturated rings. The number of sulfone groups is 1. The van der Waals surface area contributed by atoms with E-state index in [2.05, 4.69) is 4.98 Å². The number of amides is 1. The van der Waals surface area contributed by atoms with Gasteiger partial charge in [0, 0.05) is 32.0 Å². The van der Waals surface area contributed by atoms with Gasteiger partial charge in [-0.25, -0.2) is 13.9 Å². The predicted molar refractivity (Wildman–Crippen MR) is 127 cm³/mol. The summed E-state index contributed by atoms with van der Waals surface area (Å²) in [5, 5.41) is 9.45. The highest BCUT2D eigenvalue weighted by atomic mass is 32.2. The Kier molecular flexibility index (Phi) is 7.53. The number of pyridine rings is 1. The summed E-state index contributed by atoms with van der Waals surface area (Å²) >= 11 is 0. The van der Waals surface area contributed by atoms with Gasteiger partial charge in [-0.15, -0.1) is 0 Å². The average molecular weight is 536 g/mol. The van der Waals surface area contributed by atoms with Crippen molar-refractivity contribution in [3.05, 3.63) is 84.2 Å². The van der Waals surface area contributed by atoms with Crippen molar-refractivity contribution in [2.24, 2.45) is 0 Å². The number of carbonyl (C=O) groups excluding carboxylic acids is 1. The lowest BCUT2D eigenvalue weighted by atomic mass is 9.94. The number of piperidine rings is 1. The fourth-order valence-corrected chi connectivity index (χ4v) is 6.41. The van der Waals surface area contributed by atoms with Gasteiger partial charge in [0.15, 0.2) is 14.6 Å². The van der Waals surface area contributed by atoms with E-state index in [0.717, 1.165) is 29.8 Å². The summed E-state index contributed by atoms with van der Waals surface area (Å²) in [7, 11) is -4.43. The Labute approximate surface area is 211 Å². The van der Waals surface area contributed by atoms with Crippen molar-refractivity contribution >= 4 is 15.7 Å². The summed E-state index contributed by atoms with van der Waals surface area (Å²) in [5.74, 6) is -1.21. The van der Waals surface area contributed by atoms with E-state index in [4.69, 9.17) is 4.74 Å². The first-order valence-corrected chi connectivity index (χ1v) is 12.8. The van der Waals surface area contributed by atoms with Gasteiger partial charge in [0.2, 0.25) is 0 Å². The minimum absolute atomic E-state index is 0.0107. The molecule has 3 aromatic rings. The number of hydrogen-bond donors (Lipinski definition) is 2. The Morgan fingerprint density at radius 3 is 2.24 bits per heavy atom. The first-order valence-electron chi connectivity index (χ1n) is 11.3. The molecule has 1 aliphatic heterocycles. The van der Waals surface area contributed by atoms with Crippen molar-refractivity contribution in [3.63, 3.8) is 0 Å². The van der Waals surface area contributed by atoms with Crippen LogP contribution in [0.4, 0.5) is 13.2 Å². The molecular weight excluding hydrogens is 511 g/mol. The molecule has 1 aliphatic rings. The monoisotopic (exact) mass is 535 g/mol. The summed E-state index contributed by atoms with van der Waals surface area (Å²) in [6.45, 7) is 1.06. The van der Waals surface area contributed by atoms with E-state index < -0.39 is 32.2 Å². The fraction of sp³-hybridized carbons (Fsp3) is 0.280. The van der Waals surface area contributed by atoms with Crippen LogP contribution in [0, 0.1) is 0 Å². The van der Waals surface area contributed by atoms with E-state index in [9.17, 15) is 31.6 Å². The highest BCUT2D eigenvalue weighted by molar-refractivity contribution is 7.93. The second-order valence-corrected chi connectivity index (χ2v) is 10.9. The van der Waals surface area contributed by atoms with Crippen LogP contribution in [0.3, 0.4) is 0 Å². The van der Waals surface area contributed by atoms with Crippen molar-refractivity contribution < 1.29 is 36.3 Å². The molecule has 0 bridgehead atoms. The molecule has 2 heterocycles. The van der Waals surface area contributed by atoms with Gasteiger partial charge < -0.3 is 4.74 Å². The highest BCUT2D eigenvalue weighted by Crippen LogP contribution is 2.41. The molecule has 0 aliphatic carbocycles. The summed E-state index contributed by atoms with van der Waals surface area (Å²) in [6.07, 6.45) is -1.42. The summed E-state index contributed by atoms with van der Waals surface area (Å²) in [4.78, 5) is 18.5. The van der Waals surface area contributed by atoms with E-state index in [1.54, 1.807) is 12.4 Å². The third kappa shape index (κ3) is 5.45. The first-order chi connectivity index (χ1) is 17.6. The van der Waals surface area contributed by atoms with Crippen molar-refractivity contribution in [3.8, 4) is 11.5 Å². The van der Waals surface area contributed by atoms with Crippen LogP contribution in [0.25, 0.3) is 0 Å². The zero-order valence-electron chi connectivity index (χ0n) is 19.5. The Morgan fingerprint density at radius 1 is 1.03 bits per heavy atom. The number of ether oxygens (including phenoxy) is 1. The first kappa shape index (κ1) is 26.6. The Bertz CT molecular complexity index is 1340. The SMILES string of the molecule is O=C(NO)C1(S(=O)(=O)c2ccccc2Oc2ccc(C(F)(F)F)cc2)CCN(Cc2ccncc2)CC1. The van der Waals surface area contributed by atoms with Crippen molar-refractivity contribution in [2.75, 3.05) is 13.1 Å². The Balaban J connectivity index is 1.62. The van der Waals surface area contributed by atoms with Gasteiger partial charge in [-0.2, -0.15) is 13.2 Å². The van der Waals surface area contributed by atoms with E-state index in [0.29, 0.717) is 6.54 Å². The molecule has 2 aromatic carbocycles. The van der Waals surface area contributed by atoms with Crippen molar-refractivity contribution in [1.29, 1.82) is 0 Å². The number of benzene rings is 2. The minimum Gasteiger partial charge on any atom is -0.456 e. The molecule has 4 rings (SSSR count). The van der Waals surface area contributed by atoms with Crippen LogP contribution >= 0.6 is 0 Å². The van der Waals surface area contributed by atoms with E-state index in [1.165, 1.54) is 29.7 Å². The molecule has 1 saturated heterocycles. The lowest BCUT2D eigenvalue weighted by Gasteiger charge is -2.39. The maximum atomic E-state index is 13.9. The smallest absolute Gasteiger partial charge is 0.416 e. The van der Waals surface area contributed by atoms with Gasteiger partial charge in [0.25, 0.3) is 5.91 Å². The van der Waals surface area contributed by atoms with Gasteiger partial charge in [-0.3, -0.25) is 19.9 Å². The van der Waals surface area contributed by atoms with Crippen LogP contribution in [0.2, 0.25) is 0 Å². The van der Waals surface area contributed by atoms with Crippen LogP contribution in [0.5, 0.6) is 11.5 Å². The maximum Gasteiger partial charge on any atom is 0.416 e. The number of nitrogens with one attached hydrogen (secondary N) is 1. The Hall–Kier alpha value is -3.48. The number of alkyl halides is 3. The number of likely N-dealkylation sites (tertiary alicyclic amines) is 1.